The lowest BCUT2D eigenvalue weighted by atomic mass is 10.1. The van der Waals surface area contributed by atoms with Crippen LogP contribution in [-0.4, -0.2) is 18.6 Å². The minimum absolute atomic E-state index is 0.0248. The van der Waals surface area contributed by atoms with Crippen LogP contribution in [0, 0.1) is 0 Å². The Labute approximate surface area is 122 Å². The van der Waals surface area contributed by atoms with Gasteiger partial charge in [-0.3, -0.25) is 0 Å². The number of anilines is 1. The molecule has 5 N–H and O–H groups in total. The van der Waals surface area contributed by atoms with Crippen LogP contribution < -0.4 is 10.5 Å². The van der Waals surface area contributed by atoms with Crippen molar-refractivity contribution < 1.29 is 18.6 Å². The van der Waals surface area contributed by atoms with E-state index in [0.717, 1.165) is 0 Å². The molecule has 0 aromatic heterocycles. The molecule has 7 heteroatoms. The third kappa shape index (κ3) is 3.87. The number of nitrogens with one attached hydrogen (secondary N) is 1. The molecule has 2 rings (SSSR count). The van der Waals surface area contributed by atoms with Gasteiger partial charge in [0.05, 0.1) is 4.90 Å². The summed E-state index contributed by atoms with van der Waals surface area (Å²) in [4.78, 5) is 0.0377. The van der Waals surface area contributed by atoms with Crippen molar-refractivity contribution >= 4 is 15.7 Å². The molecule has 0 fully saturated rings. The molecule has 0 aliphatic rings. The SMILES string of the molecule is CC(Nc1ccc(S(N)(=O)=O)cc1)c1cc(O)cc(O)c1. The fourth-order valence-electron chi connectivity index (χ4n) is 1.94. The van der Waals surface area contributed by atoms with Gasteiger partial charge in [0.2, 0.25) is 10.0 Å². The van der Waals surface area contributed by atoms with Crippen molar-refractivity contribution in [1.82, 2.24) is 0 Å². The number of phenols is 2. The van der Waals surface area contributed by atoms with E-state index in [2.05, 4.69) is 5.32 Å². The van der Waals surface area contributed by atoms with Crippen molar-refractivity contribution in [3.8, 4) is 11.5 Å². The summed E-state index contributed by atoms with van der Waals surface area (Å²) >= 11 is 0. The Morgan fingerprint density at radius 2 is 1.57 bits per heavy atom. The number of primary sulfonamides is 1. The Hall–Kier alpha value is -2.25. The highest BCUT2D eigenvalue weighted by atomic mass is 32.2. The molecule has 1 unspecified atom stereocenters. The monoisotopic (exact) mass is 308 g/mol. The third-order valence-electron chi connectivity index (χ3n) is 2.99. The lowest BCUT2D eigenvalue weighted by Crippen LogP contribution is -2.12. The van der Waals surface area contributed by atoms with E-state index in [1.165, 1.54) is 30.3 Å². The molecule has 0 spiro atoms. The van der Waals surface area contributed by atoms with Gasteiger partial charge in [-0.1, -0.05) is 0 Å². The molecule has 2 aromatic carbocycles. The van der Waals surface area contributed by atoms with E-state index in [9.17, 15) is 18.6 Å². The Kier molecular flexibility index (Phi) is 4.06. The first-order valence-electron chi connectivity index (χ1n) is 6.18. The van der Waals surface area contributed by atoms with Crippen LogP contribution in [0.2, 0.25) is 0 Å². The zero-order valence-corrected chi connectivity index (χ0v) is 12.1. The van der Waals surface area contributed by atoms with Gasteiger partial charge in [0, 0.05) is 17.8 Å². The zero-order valence-electron chi connectivity index (χ0n) is 11.3. The lowest BCUT2D eigenvalue weighted by Gasteiger charge is -2.16. The Bertz CT molecular complexity index is 722. The summed E-state index contributed by atoms with van der Waals surface area (Å²) in [6.45, 7) is 1.85. The topological polar surface area (TPSA) is 113 Å². The van der Waals surface area contributed by atoms with Gasteiger partial charge in [0.1, 0.15) is 11.5 Å². The normalized spacial score (nSPS) is 12.9. The third-order valence-corrected chi connectivity index (χ3v) is 3.92. The maximum atomic E-state index is 11.2. The summed E-state index contributed by atoms with van der Waals surface area (Å²) in [6.07, 6.45) is 0. The van der Waals surface area contributed by atoms with Crippen molar-refractivity contribution in [2.24, 2.45) is 5.14 Å². The number of hydrogen-bond donors (Lipinski definition) is 4. The summed E-state index contributed by atoms with van der Waals surface area (Å²) in [5.41, 5.74) is 1.39. The summed E-state index contributed by atoms with van der Waals surface area (Å²) in [5.74, 6) is -0.0496. The summed E-state index contributed by atoms with van der Waals surface area (Å²) < 4.78 is 22.3. The van der Waals surface area contributed by atoms with E-state index in [-0.39, 0.29) is 22.4 Å². The highest BCUT2D eigenvalue weighted by Gasteiger charge is 2.10. The average Bonchev–Trinajstić information content (AvgIpc) is 2.37. The molecule has 0 heterocycles. The first-order valence-corrected chi connectivity index (χ1v) is 7.72. The maximum Gasteiger partial charge on any atom is 0.238 e. The molecule has 0 saturated heterocycles. The van der Waals surface area contributed by atoms with Crippen molar-refractivity contribution in [3.05, 3.63) is 48.0 Å². The molecule has 0 radical (unpaired) electrons. The van der Waals surface area contributed by atoms with Gasteiger partial charge in [-0.05, 0) is 48.9 Å². The van der Waals surface area contributed by atoms with Crippen LogP contribution in [0.1, 0.15) is 18.5 Å². The van der Waals surface area contributed by atoms with Crippen LogP contribution in [0.25, 0.3) is 0 Å². The van der Waals surface area contributed by atoms with E-state index in [4.69, 9.17) is 5.14 Å². The second kappa shape index (κ2) is 5.63. The number of sulfonamides is 1. The molecule has 2 aromatic rings. The summed E-state index contributed by atoms with van der Waals surface area (Å²) in [5, 5.41) is 27.1. The highest BCUT2D eigenvalue weighted by Crippen LogP contribution is 2.27. The van der Waals surface area contributed by atoms with Crippen molar-refractivity contribution in [2.45, 2.75) is 17.9 Å². The molecule has 112 valence electrons. The Balaban J connectivity index is 2.17. The molecule has 6 nitrogen and oxygen atoms in total. The first-order chi connectivity index (χ1) is 9.75. The molecule has 21 heavy (non-hydrogen) atoms. The molecule has 0 aliphatic heterocycles. The number of nitrogens with two attached hydrogens (primary N) is 1. The van der Waals surface area contributed by atoms with Crippen molar-refractivity contribution in [2.75, 3.05) is 5.32 Å². The van der Waals surface area contributed by atoms with E-state index >= 15 is 0 Å². The molecular formula is C14H16N2O4S. The summed E-state index contributed by atoms with van der Waals surface area (Å²) in [7, 11) is -3.71. The van der Waals surface area contributed by atoms with Crippen LogP contribution in [0.15, 0.2) is 47.4 Å². The van der Waals surface area contributed by atoms with Gasteiger partial charge in [-0.2, -0.15) is 0 Å². The van der Waals surface area contributed by atoms with Gasteiger partial charge in [0.15, 0.2) is 0 Å². The van der Waals surface area contributed by atoms with Gasteiger partial charge >= 0.3 is 0 Å². The zero-order chi connectivity index (χ0) is 15.6. The van der Waals surface area contributed by atoms with Crippen LogP contribution in [0.5, 0.6) is 11.5 Å². The largest absolute Gasteiger partial charge is 0.508 e. The Morgan fingerprint density at radius 1 is 1.05 bits per heavy atom. The molecule has 0 aliphatic carbocycles. The molecule has 0 bridgehead atoms. The van der Waals surface area contributed by atoms with Crippen LogP contribution in [0.3, 0.4) is 0 Å². The predicted molar refractivity (Wildman–Crippen MR) is 79.6 cm³/mol. The van der Waals surface area contributed by atoms with Gasteiger partial charge in [-0.25, -0.2) is 13.6 Å². The number of benzene rings is 2. The smallest absolute Gasteiger partial charge is 0.238 e. The molecule has 0 amide bonds. The fourth-order valence-corrected chi connectivity index (χ4v) is 2.46. The van der Waals surface area contributed by atoms with E-state index in [0.29, 0.717) is 11.3 Å². The number of phenolic OH excluding ortho intramolecular Hbond substituents is 2. The molecular weight excluding hydrogens is 292 g/mol. The van der Waals surface area contributed by atoms with Crippen molar-refractivity contribution in [3.63, 3.8) is 0 Å². The van der Waals surface area contributed by atoms with E-state index in [1.807, 2.05) is 6.92 Å². The minimum atomic E-state index is -3.71. The number of aromatic hydroxyl groups is 2. The highest BCUT2D eigenvalue weighted by molar-refractivity contribution is 7.89. The quantitative estimate of drug-likeness (QED) is 0.689. The van der Waals surface area contributed by atoms with Gasteiger partial charge in [-0.15, -0.1) is 0 Å². The van der Waals surface area contributed by atoms with Crippen LogP contribution >= 0.6 is 0 Å². The molecule has 0 saturated carbocycles. The van der Waals surface area contributed by atoms with Gasteiger partial charge < -0.3 is 15.5 Å². The average molecular weight is 308 g/mol. The van der Waals surface area contributed by atoms with E-state index < -0.39 is 10.0 Å². The predicted octanol–water partition coefficient (Wildman–Crippen LogP) is 1.92. The van der Waals surface area contributed by atoms with Crippen LogP contribution in [-0.2, 0) is 10.0 Å². The van der Waals surface area contributed by atoms with Crippen molar-refractivity contribution in [1.29, 1.82) is 0 Å². The lowest BCUT2D eigenvalue weighted by molar-refractivity contribution is 0.448. The van der Waals surface area contributed by atoms with Gasteiger partial charge in [0.25, 0.3) is 0 Å². The summed E-state index contributed by atoms with van der Waals surface area (Å²) in [6, 6.07) is 10.1. The second-order valence-electron chi connectivity index (χ2n) is 4.72. The van der Waals surface area contributed by atoms with Crippen LogP contribution in [0.4, 0.5) is 5.69 Å². The standard InChI is InChI=1S/C14H16N2O4S/c1-9(10-6-12(17)8-13(18)7-10)16-11-2-4-14(5-3-11)21(15,19)20/h2-9,16-18H,1H3,(H2,15,19,20). The first kappa shape index (κ1) is 15.1. The van der Waals surface area contributed by atoms with E-state index in [1.54, 1.807) is 12.1 Å². The maximum absolute atomic E-state index is 11.2. The fraction of sp³-hybridized carbons (Fsp3) is 0.143. The second-order valence-corrected chi connectivity index (χ2v) is 6.28. The number of hydrogen-bond acceptors (Lipinski definition) is 5. The Morgan fingerprint density at radius 3 is 2.05 bits per heavy atom. The minimum Gasteiger partial charge on any atom is -0.508 e. The number of rotatable bonds is 4. The molecule has 1 atom stereocenters.